The van der Waals surface area contributed by atoms with Crippen LogP contribution in [0, 0.1) is 0 Å². The van der Waals surface area contributed by atoms with Gasteiger partial charge in [0.15, 0.2) is 6.17 Å². The van der Waals surface area contributed by atoms with E-state index >= 15 is 0 Å². The number of amides is 2. The van der Waals surface area contributed by atoms with Gasteiger partial charge in [-0.25, -0.2) is 15.6 Å². The molecule has 1 unspecified atom stereocenters. The first-order chi connectivity index (χ1) is 9.88. The lowest BCUT2D eigenvalue weighted by Gasteiger charge is -2.33. The lowest BCUT2D eigenvalue weighted by molar-refractivity contribution is -0.0609. The van der Waals surface area contributed by atoms with Crippen LogP contribution in [0.5, 0.6) is 0 Å². The molecule has 0 fully saturated rings. The van der Waals surface area contributed by atoms with Crippen molar-refractivity contribution in [3.63, 3.8) is 0 Å². The number of halogens is 3. The Labute approximate surface area is 119 Å². The summed E-state index contributed by atoms with van der Waals surface area (Å²) in [7, 11) is 0. The summed E-state index contributed by atoms with van der Waals surface area (Å²) in [6.07, 6.45) is -3.13. The van der Waals surface area contributed by atoms with Gasteiger partial charge in [-0.15, -0.1) is 0 Å². The van der Waals surface area contributed by atoms with Gasteiger partial charge in [-0.3, -0.25) is 10.2 Å². The molecule has 0 aromatic heterocycles. The molecule has 2 aliphatic heterocycles. The van der Waals surface area contributed by atoms with Crippen LogP contribution in [0.4, 0.5) is 18.0 Å². The Balaban J connectivity index is 2.26. The van der Waals surface area contributed by atoms with Gasteiger partial charge in [0, 0.05) is 6.54 Å². The van der Waals surface area contributed by atoms with Crippen molar-refractivity contribution in [3.05, 3.63) is 11.5 Å². The molecule has 0 saturated heterocycles. The minimum absolute atomic E-state index is 0.000239. The van der Waals surface area contributed by atoms with Crippen LogP contribution in [0.25, 0.3) is 0 Å². The summed E-state index contributed by atoms with van der Waals surface area (Å²) < 4.78 is 38.3. The van der Waals surface area contributed by atoms with E-state index in [1.54, 1.807) is 0 Å². The molecule has 10 heteroatoms. The standard InChI is InChI=1S/C11H17F3N6O/c1-2-3-4-5-20-8-6(7(19-15)17-10(20)21)16-9(18-8)11(12,13)14/h8,19H,2-5,15H2,1H3,(H,16,18)(H,17,21). The Hall–Kier alpha value is -1.97. The quantitative estimate of drug-likeness (QED) is 0.342. The molecular weight excluding hydrogens is 289 g/mol. The highest BCUT2D eigenvalue weighted by molar-refractivity contribution is 5.93. The van der Waals surface area contributed by atoms with E-state index < -0.39 is 24.2 Å². The summed E-state index contributed by atoms with van der Waals surface area (Å²) in [5.41, 5.74) is 2.28. The Bertz CT molecular complexity index is 487. The summed E-state index contributed by atoms with van der Waals surface area (Å²) in [5.74, 6) is 4.10. The van der Waals surface area contributed by atoms with E-state index in [4.69, 9.17) is 5.84 Å². The minimum Gasteiger partial charge on any atom is -0.333 e. The van der Waals surface area contributed by atoms with Gasteiger partial charge in [0.25, 0.3) is 0 Å². The topological polar surface area (TPSA) is 94.8 Å². The number of alkyl halides is 3. The van der Waals surface area contributed by atoms with Crippen molar-refractivity contribution < 1.29 is 18.0 Å². The summed E-state index contributed by atoms with van der Waals surface area (Å²) >= 11 is 0. The molecule has 0 bridgehead atoms. The normalized spacial score (nSPS) is 21.8. The third-order valence-electron chi connectivity index (χ3n) is 3.24. The summed E-state index contributed by atoms with van der Waals surface area (Å²) in [5, 5.41) is 4.59. The molecule has 5 N–H and O–H groups in total. The molecule has 0 aliphatic carbocycles. The third-order valence-corrected chi connectivity index (χ3v) is 3.24. The number of nitrogens with one attached hydrogen (secondary N) is 3. The zero-order valence-corrected chi connectivity index (χ0v) is 11.4. The van der Waals surface area contributed by atoms with Crippen molar-refractivity contribution in [1.29, 1.82) is 0 Å². The number of hydrogen-bond acceptors (Lipinski definition) is 5. The second-order valence-corrected chi connectivity index (χ2v) is 4.74. The number of amidine groups is 1. The van der Waals surface area contributed by atoms with Crippen LogP contribution >= 0.6 is 0 Å². The van der Waals surface area contributed by atoms with E-state index in [0.717, 1.165) is 12.8 Å². The van der Waals surface area contributed by atoms with Gasteiger partial charge in [0.05, 0.1) is 0 Å². The molecule has 0 aromatic rings. The number of carbonyl (C=O) groups is 1. The smallest absolute Gasteiger partial charge is 0.333 e. The number of carbonyl (C=O) groups excluding carboxylic acids is 1. The third kappa shape index (κ3) is 3.04. The molecule has 2 rings (SSSR count). The minimum atomic E-state index is -4.61. The molecule has 7 nitrogen and oxygen atoms in total. The Morgan fingerprint density at radius 2 is 2.10 bits per heavy atom. The molecule has 0 radical (unpaired) electrons. The first-order valence-corrected chi connectivity index (χ1v) is 6.59. The van der Waals surface area contributed by atoms with Crippen LogP contribution in [0.3, 0.4) is 0 Å². The molecule has 2 amide bonds. The second-order valence-electron chi connectivity index (χ2n) is 4.74. The zero-order valence-electron chi connectivity index (χ0n) is 11.4. The van der Waals surface area contributed by atoms with Gasteiger partial charge < -0.3 is 10.7 Å². The van der Waals surface area contributed by atoms with E-state index in [0.29, 0.717) is 13.0 Å². The van der Waals surface area contributed by atoms with Crippen molar-refractivity contribution in [2.45, 2.75) is 38.5 Å². The number of fused-ring (bicyclic) bond motifs is 1. The predicted octanol–water partition coefficient (Wildman–Crippen LogP) is 0.724. The number of hydrogen-bond donors (Lipinski definition) is 4. The lowest BCUT2D eigenvalue weighted by Crippen LogP contribution is -2.55. The average Bonchev–Trinajstić information content (AvgIpc) is 2.85. The van der Waals surface area contributed by atoms with Crippen LogP contribution in [0.15, 0.2) is 16.5 Å². The SMILES string of the molecule is CCCCCN1C(=O)NC(NN)=C2NC(C(F)(F)F)=NC21. The van der Waals surface area contributed by atoms with Crippen molar-refractivity contribution in [3.8, 4) is 0 Å². The Morgan fingerprint density at radius 1 is 1.38 bits per heavy atom. The van der Waals surface area contributed by atoms with Crippen LogP contribution < -0.4 is 21.9 Å². The van der Waals surface area contributed by atoms with E-state index in [2.05, 4.69) is 21.1 Å². The fourth-order valence-electron chi connectivity index (χ4n) is 2.20. The highest BCUT2D eigenvalue weighted by Gasteiger charge is 2.46. The first kappa shape index (κ1) is 15.4. The largest absolute Gasteiger partial charge is 0.449 e. The zero-order chi connectivity index (χ0) is 15.6. The van der Waals surface area contributed by atoms with Gasteiger partial charge in [0.1, 0.15) is 11.5 Å². The average molecular weight is 306 g/mol. The number of nitrogens with zero attached hydrogens (tertiary/aromatic N) is 2. The number of hydrazine groups is 1. The number of unbranched alkanes of at least 4 members (excludes halogenated alkanes) is 2. The molecule has 2 heterocycles. The molecule has 118 valence electrons. The van der Waals surface area contributed by atoms with E-state index in [9.17, 15) is 18.0 Å². The van der Waals surface area contributed by atoms with Crippen molar-refractivity contribution >= 4 is 11.9 Å². The highest BCUT2D eigenvalue weighted by atomic mass is 19.4. The van der Waals surface area contributed by atoms with Crippen LogP contribution in [-0.4, -0.2) is 35.7 Å². The van der Waals surface area contributed by atoms with E-state index in [1.807, 2.05) is 6.92 Å². The van der Waals surface area contributed by atoms with Gasteiger partial charge in [0.2, 0.25) is 5.84 Å². The maximum absolute atomic E-state index is 12.8. The molecule has 21 heavy (non-hydrogen) atoms. The van der Waals surface area contributed by atoms with E-state index in [-0.39, 0.29) is 11.5 Å². The molecule has 2 aliphatic rings. The second kappa shape index (κ2) is 5.80. The van der Waals surface area contributed by atoms with Gasteiger partial charge in [-0.2, -0.15) is 13.2 Å². The Kier molecular flexibility index (Phi) is 4.26. The van der Waals surface area contributed by atoms with Crippen molar-refractivity contribution in [2.75, 3.05) is 6.54 Å². The maximum atomic E-state index is 12.8. The molecule has 0 spiro atoms. The molecule has 0 aromatic carbocycles. The Morgan fingerprint density at radius 3 is 2.67 bits per heavy atom. The van der Waals surface area contributed by atoms with Crippen molar-refractivity contribution in [2.24, 2.45) is 10.8 Å². The van der Waals surface area contributed by atoms with Crippen LogP contribution in [0.1, 0.15) is 26.2 Å². The predicted molar refractivity (Wildman–Crippen MR) is 69.5 cm³/mol. The van der Waals surface area contributed by atoms with Gasteiger partial charge in [-0.05, 0) is 6.42 Å². The maximum Gasteiger partial charge on any atom is 0.449 e. The summed E-state index contributed by atoms with van der Waals surface area (Å²) in [6.45, 7) is 2.32. The van der Waals surface area contributed by atoms with E-state index in [1.165, 1.54) is 4.90 Å². The van der Waals surface area contributed by atoms with Crippen molar-refractivity contribution in [1.82, 2.24) is 21.0 Å². The first-order valence-electron chi connectivity index (χ1n) is 6.59. The number of aliphatic imine (C=N–C) groups is 1. The van der Waals surface area contributed by atoms with Gasteiger partial charge in [-0.1, -0.05) is 19.8 Å². The fourth-order valence-corrected chi connectivity index (χ4v) is 2.20. The molecule has 0 saturated carbocycles. The number of urea groups is 1. The highest BCUT2D eigenvalue weighted by Crippen LogP contribution is 2.28. The molecule has 1 atom stereocenters. The molecular formula is C11H17F3N6O. The summed E-state index contributed by atoms with van der Waals surface area (Å²) in [6, 6.07) is -0.526. The lowest BCUT2D eigenvalue weighted by atomic mass is 10.2. The number of nitrogens with two attached hydrogens (primary N) is 1. The summed E-state index contributed by atoms with van der Waals surface area (Å²) in [4.78, 5) is 16.8. The fraction of sp³-hybridized carbons (Fsp3) is 0.636. The van der Waals surface area contributed by atoms with Crippen LogP contribution in [-0.2, 0) is 0 Å². The van der Waals surface area contributed by atoms with Crippen LogP contribution in [0.2, 0.25) is 0 Å². The van der Waals surface area contributed by atoms with Gasteiger partial charge >= 0.3 is 12.2 Å². The number of rotatable bonds is 5. The monoisotopic (exact) mass is 306 g/mol.